The molecule has 6 heteroatoms. The van der Waals surface area contributed by atoms with Gasteiger partial charge in [0, 0.05) is 42.4 Å². The van der Waals surface area contributed by atoms with E-state index in [2.05, 4.69) is 24.0 Å². The maximum Gasteiger partial charge on any atom is 0.222 e. The number of aryl methyl sites for hydroxylation is 1. The smallest absolute Gasteiger partial charge is 0.222 e. The summed E-state index contributed by atoms with van der Waals surface area (Å²) in [4.78, 5) is 18.2. The summed E-state index contributed by atoms with van der Waals surface area (Å²) >= 11 is 1.77. The lowest BCUT2D eigenvalue weighted by Crippen LogP contribution is -2.40. The van der Waals surface area contributed by atoms with E-state index in [1.807, 2.05) is 12.1 Å². The number of carbonyl (C=O) groups excluding carboxylic acids is 1. The molecule has 3 heterocycles. The van der Waals surface area contributed by atoms with Gasteiger partial charge in [-0.1, -0.05) is 0 Å². The number of aliphatic hydroxyl groups excluding tert-OH is 1. The summed E-state index contributed by atoms with van der Waals surface area (Å²) in [7, 11) is 0. The van der Waals surface area contributed by atoms with Crippen molar-refractivity contribution < 1.29 is 14.3 Å². The third-order valence-corrected chi connectivity index (χ3v) is 5.19. The quantitative estimate of drug-likeness (QED) is 0.797. The fourth-order valence-electron chi connectivity index (χ4n) is 3.11. The standard InChI is InChI=1S/C18H24N2O3S/c1-14-6-7-17(24-14)13-19(12-16-4-3-9-23-16)10-15(21)11-20-8-2-5-18(20)22/h3-4,6-7,9,15,21H,2,5,8,10-13H2,1H3. The Morgan fingerprint density at radius 3 is 2.88 bits per heavy atom. The number of hydrogen-bond donors (Lipinski definition) is 1. The van der Waals surface area contributed by atoms with Gasteiger partial charge in [-0.2, -0.15) is 0 Å². The van der Waals surface area contributed by atoms with Gasteiger partial charge >= 0.3 is 0 Å². The van der Waals surface area contributed by atoms with Crippen LogP contribution in [0, 0.1) is 6.92 Å². The SMILES string of the molecule is Cc1ccc(CN(Cc2ccco2)CC(O)CN2CCCC2=O)s1. The van der Waals surface area contributed by atoms with Crippen molar-refractivity contribution >= 4 is 17.2 Å². The maximum atomic E-state index is 11.7. The van der Waals surface area contributed by atoms with Crippen molar-refractivity contribution in [2.75, 3.05) is 19.6 Å². The molecule has 0 aliphatic carbocycles. The molecule has 1 saturated heterocycles. The molecule has 24 heavy (non-hydrogen) atoms. The molecule has 5 nitrogen and oxygen atoms in total. The van der Waals surface area contributed by atoms with E-state index in [-0.39, 0.29) is 5.91 Å². The van der Waals surface area contributed by atoms with Gasteiger partial charge in [0.15, 0.2) is 0 Å². The van der Waals surface area contributed by atoms with Crippen molar-refractivity contribution in [2.45, 2.75) is 39.0 Å². The van der Waals surface area contributed by atoms with Crippen molar-refractivity contribution in [1.29, 1.82) is 0 Å². The molecule has 0 radical (unpaired) electrons. The number of hydrogen-bond acceptors (Lipinski definition) is 5. The molecule has 1 fully saturated rings. The minimum Gasteiger partial charge on any atom is -0.468 e. The van der Waals surface area contributed by atoms with E-state index in [0.717, 1.165) is 25.3 Å². The molecule has 2 aromatic heterocycles. The third kappa shape index (κ3) is 4.69. The molecular weight excluding hydrogens is 324 g/mol. The van der Waals surface area contributed by atoms with E-state index in [1.165, 1.54) is 9.75 Å². The Labute approximate surface area is 146 Å². The molecule has 3 rings (SSSR count). The van der Waals surface area contributed by atoms with Crippen molar-refractivity contribution in [1.82, 2.24) is 9.80 Å². The highest BCUT2D eigenvalue weighted by atomic mass is 32.1. The van der Waals surface area contributed by atoms with Crippen molar-refractivity contribution in [2.24, 2.45) is 0 Å². The highest BCUT2D eigenvalue weighted by molar-refractivity contribution is 7.11. The lowest BCUT2D eigenvalue weighted by Gasteiger charge is -2.26. The van der Waals surface area contributed by atoms with Gasteiger partial charge < -0.3 is 14.4 Å². The number of aliphatic hydroxyl groups is 1. The number of rotatable bonds is 8. The Bertz CT molecular complexity index is 653. The molecule has 2 aromatic rings. The predicted molar refractivity (Wildman–Crippen MR) is 93.7 cm³/mol. The van der Waals surface area contributed by atoms with Gasteiger partial charge in [0.2, 0.25) is 5.91 Å². The van der Waals surface area contributed by atoms with Crippen LogP contribution in [0.15, 0.2) is 34.9 Å². The summed E-state index contributed by atoms with van der Waals surface area (Å²) in [5.74, 6) is 1.04. The second kappa shape index (κ2) is 7.96. The molecule has 0 aromatic carbocycles. The number of furan rings is 1. The summed E-state index contributed by atoms with van der Waals surface area (Å²) in [5.41, 5.74) is 0. The van der Waals surface area contributed by atoms with Gasteiger partial charge in [-0.3, -0.25) is 9.69 Å². The van der Waals surface area contributed by atoms with E-state index in [0.29, 0.717) is 26.1 Å². The van der Waals surface area contributed by atoms with E-state index in [9.17, 15) is 9.90 Å². The Balaban J connectivity index is 1.60. The zero-order chi connectivity index (χ0) is 16.9. The van der Waals surface area contributed by atoms with Crippen LogP contribution in [0.2, 0.25) is 0 Å². The van der Waals surface area contributed by atoms with Crippen molar-refractivity contribution in [3.8, 4) is 0 Å². The molecule has 130 valence electrons. The van der Waals surface area contributed by atoms with E-state index >= 15 is 0 Å². The zero-order valence-electron chi connectivity index (χ0n) is 14.0. The number of amides is 1. The van der Waals surface area contributed by atoms with Crippen LogP contribution < -0.4 is 0 Å². The van der Waals surface area contributed by atoms with Crippen LogP contribution in [0.3, 0.4) is 0 Å². The van der Waals surface area contributed by atoms with Gasteiger partial charge in [-0.25, -0.2) is 0 Å². The molecular formula is C18H24N2O3S. The first kappa shape index (κ1) is 17.2. The summed E-state index contributed by atoms with van der Waals surface area (Å²) in [5, 5.41) is 10.4. The van der Waals surface area contributed by atoms with Crippen LogP contribution >= 0.6 is 11.3 Å². The van der Waals surface area contributed by atoms with Gasteiger partial charge in [-0.05, 0) is 37.6 Å². The summed E-state index contributed by atoms with van der Waals surface area (Å²) in [6.07, 6.45) is 2.62. The molecule has 1 aliphatic rings. The first-order valence-electron chi connectivity index (χ1n) is 8.36. The van der Waals surface area contributed by atoms with Gasteiger partial charge in [0.1, 0.15) is 5.76 Å². The van der Waals surface area contributed by atoms with Gasteiger partial charge in [-0.15, -0.1) is 11.3 Å². The fourth-order valence-corrected chi connectivity index (χ4v) is 4.04. The van der Waals surface area contributed by atoms with E-state index < -0.39 is 6.10 Å². The molecule has 0 saturated carbocycles. The minimum atomic E-state index is -0.553. The number of likely N-dealkylation sites (tertiary alicyclic amines) is 1. The van der Waals surface area contributed by atoms with Gasteiger partial charge in [0.25, 0.3) is 0 Å². The maximum absolute atomic E-state index is 11.7. The summed E-state index contributed by atoms with van der Waals surface area (Å²) in [6, 6.07) is 8.07. The van der Waals surface area contributed by atoms with Crippen LogP contribution in [0.25, 0.3) is 0 Å². The van der Waals surface area contributed by atoms with Crippen LogP contribution in [-0.4, -0.2) is 46.6 Å². The monoisotopic (exact) mass is 348 g/mol. The lowest BCUT2D eigenvalue weighted by molar-refractivity contribution is -0.129. The second-order valence-corrected chi connectivity index (χ2v) is 7.73. The largest absolute Gasteiger partial charge is 0.468 e. The van der Waals surface area contributed by atoms with Crippen molar-refractivity contribution in [3.63, 3.8) is 0 Å². The first-order valence-corrected chi connectivity index (χ1v) is 9.17. The van der Waals surface area contributed by atoms with E-state index in [1.54, 1.807) is 22.5 Å². The Morgan fingerprint density at radius 2 is 2.25 bits per heavy atom. The topological polar surface area (TPSA) is 56.9 Å². The lowest BCUT2D eigenvalue weighted by atomic mass is 10.2. The van der Waals surface area contributed by atoms with E-state index in [4.69, 9.17) is 4.42 Å². The molecule has 1 atom stereocenters. The number of thiophene rings is 1. The fraction of sp³-hybridized carbons (Fsp3) is 0.500. The van der Waals surface area contributed by atoms with Crippen LogP contribution in [-0.2, 0) is 17.9 Å². The normalized spacial score (nSPS) is 16.3. The summed E-state index contributed by atoms with van der Waals surface area (Å²) in [6.45, 7) is 5.20. The molecule has 1 unspecified atom stereocenters. The predicted octanol–water partition coefficient (Wildman–Crippen LogP) is 2.64. The molecule has 1 N–H and O–H groups in total. The zero-order valence-corrected chi connectivity index (χ0v) is 14.8. The van der Waals surface area contributed by atoms with Gasteiger partial charge in [0.05, 0.1) is 18.9 Å². The highest BCUT2D eigenvalue weighted by Crippen LogP contribution is 2.19. The number of carbonyl (C=O) groups is 1. The molecule has 0 bridgehead atoms. The van der Waals surface area contributed by atoms with Crippen LogP contribution in [0.1, 0.15) is 28.4 Å². The molecule has 1 aliphatic heterocycles. The number of nitrogens with zero attached hydrogens (tertiary/aromatic N) is 2. The Kier molecular flexibility index (Phi) is 5.71. The Morgan fingerprint density at radius 1 is 1.38 bits per heavy atom. The number of β-amino-alcohol motifs (C(OH)–C–C–N with tert-alkyl or cyclic N) is 1. The molecule has 0 spiro atoms. The summed E-state index contributed by atoms with van der Waals surface area (Å²) < 4.78 is 5.45. The second-order valence-electron chi connectivity index (χ2n) is 6.36. The first-order chi connectivity index (χ1) is 11.6. The molecule has 1 amide bonds. The van der Waals surface area contributed by atoms with Crippen LogP contribution in [0.5, 0.6) is 0 Å². The minimum absolute atomic E-state index is 0.153. The highest BCUT2D eigenvalue weighted by Gasteiger charge is 2.24. The van der Waals surface area contributed by atoms with Crippen LogP contribution in [0.4, 0.5) is 0 Å². The average Bonchev–Trinajstić information content (AvgIpc) is 3.25. The van der Waals surface area contributed by atoms with Crippen molar-refractivity contribution in [3.05, 3.63) is 46.0 Å². The Hall–Kier alpha value is -1.63. The third-order valence-electron chi connectivity index (χ3n) is 4.21. The average molecular weight is 348 g/mol.